The summed E-state index contributed by atoms with van der Waals surface area (Å²) in [6, 6.07) is 1.87. The quantitative estimate of drug-likeness (QED) is 0.286. The number of thiocarbonyl (C=S) groups is 1. The summed E-state index contributed by atoms with van der Waals surface area (Å²) in [5.74, 6) is 0.0631. The molecule has 0 aliphatic carbocycles. The summed E-state index contributed by atoms with van der Waals surface area (Å²) in [7, 11) is 0. The van der Waals surface area contributed by atoms with Crippen LogP contribution in [-0.4, -0.2) is 45.6 Å². The molecule has 0 unspecified atom stereocenters. The highest BCUT2D eigenvalue weighted by molar-refractivity contribution is 7.80. The minimum Gasteiger partial charge on any atom is -0.444 e. The molecule has 23 heavy (non-hydrogen) atoms. The predicted octanol–water partition coefficient (Wildman–Crippen LogP) is 1.27. The van der Waals surface area contributed by atoms with Crippen LogP contribution >= 0.6 is 12.2 Å². The minimum absolute atomic E-state index is 0.0631. The molecule has 0 radical (unpaired) electrons. The third-order valence-electron chi connectivity index (χ3n) is 2.53. The van der Waals surface area contributed by atoms with Crippen molar-refractivity contribution in [2.24, 2.45) is 0 Å². The van der Waals surface area contributed by atoms with Crippen molar-refractivity contribution in [1.82, 2.24) is 25.7 Å². The maximum atomic E-state index is 11.5. The van der Waals surface area contributed by atoms with E-state index in [2.05, 4.69) is 21.0 Å². The molecule has 1 rings (SSSR count). The molecule has 0 aromatic carbocycles. The number of carbonyl (C=O) groups excluding carboxylic acids is 1. The van der Waals surface area contributed by atoms with Crippen LogP contribution in [0.1, 0.15) is 32.2 Å². The van der Waals surface area contributed by atoms with Gasteiger partial charge in [0.25, 0.3) is 0 Å². The van der Waals surface area contributed by atoms with Crippen molar-refractivity contribution in [3.63, 3.8) is 0 Å². The molecule has 9 heteroatoms. The largest absolute Gasteiger partial charge is 0.444 e. The first kappa shape index (κ1) is 18.9. The lowest BCUT2D eigenvalue weighted by Gasteiger charge is -2.19. The first-order valence-electron chi connectivity index (χ1n) is 7.22. The number of hydrogen-bond acceptors (Lipinski definition) is 5. The van der Waals surface area contributed by atoms with E-state index in [4.69, 9.17) is 22.4 Å². The Balaban J connectivity index is 2.28. The molecule has 0 aliphatic heterocycles. The molecule has 1 heterocycles. The van der Waals surface area contributed by atoms with Gasteiger partial charge in [-0.25, -0.2) is 9.48 Å². The number of rotatable bonds is 3. The van der Waals surface area contributed by atoms with Gasteiger partial charge in [-0.15, -0.1) is 0 Å². The van der Waals surface area contributed by atoms with Crippen LogP contribution in [0.3, 0.4) is 0 Å². The average Bonchev–Trinajstić information content (AvgIpc) is 2.71. The van der Waals surface area contributed by atoms with Gasteiger partial charge < -0.3 is 20.7 Å². The SMILES string of the molecule is Cc1cc(C)n(C(=N)NC(=S)NCCNC(=O)OC(C)(C)C)n1. The molecule has 0 bridgehead atoms. The van der Waals surface area contributed by atoms with E-state index in [1.807, 2.05) is 19.9 Å². The van der Waals surface area contributed by atoms with E-state index in [9.17, 15) is 4.79 Å². The molecule has 0 saturated heterocycles. The highest BCUT2D eigenvalue weighted by atomic mass is 32.1. The number of ether oxygens (including phenoxy) is 1. The van der Waals surface area contributed by atoms with E-state index < -0.39 is 11.7 Å². The Bertz CT molecular complexity index is 591. The summed E-state index contributed by atoms with van der Waals surface area (Å²) in [5, 5.41) is 20.6. The third kappa shape index (κ3) is 7.09. The van der Waals surface area contributed by atoms with Gasteiger partial charge >= 0.3 is 6.09 Å². The second-order valence-corrected chi connectivity index (χ2v) is 6.41. The first-order chi connectivity index (χ1) is 10.6. The van der Waals surface area contributed by atoms with Gasteiger partial charge in [0.1, 0.15) is 5.60 Å². The Morgan fingerprint density at radius 1 is 1.35 bits per heavy atom. The van der Waals surface area contributed by atoms with Crippen LogP contribution in [0.25, 0.3) is 0 Å². The molecular formula is C14H24N6O2S. The standard InChI is InChI=1S/C14H24N6O2S/c1-9-8-10(2)20(19-9)11(15)18-12(23)16-6-7-17-13(21)22-14(3,4)5/h8H,6-7H2,1-5H3,(H,17,21)(H3,15,16,18,23). The molecule has 1 aromatic heterocycles. The van der Waals surface area contributed by atoms with Crippen molar-refractivity contribution in [2.45, 2.75) is 40.2 Å². The van der Waals surface area contributed by atoms with Gasteiger partial charge in [0.2, 0.25) is 5.96 Å². The molecule has 0 spiro atoms. The monoisotopic (exact) mass is 340 g/mol. The lowest BCUT2D eigenvalue weighted by molar-refractivity contribution is 0.0529. The molecule has 0 aliphatic rings. The number of aryl methyl sites for hydroxylation is 2. The van der Waals surface area contributed by atoms with Crippen molar-refractivity contribution < 1.29 is 9.53 Å². The molecule has 1 aromatic rings. The van der Waals surface area contributed by atoms with E-state index in [0.29, 0.717) is 13.1 Å². The van der Waals surface area contributed by atoms with E-state index in [1.165, 1.54) is 4.68 Å². The molecule has 0 saturated carbocycles. The number of carbonyl (C=O) groups is 1. The van der Waals surface area contributed by atoms with E-state index >= 15 is 0 Å². The van der Waals surface area contributed by atoms with Crippen LogP contribution in [-0.2, 0) is 4.74 Å². The summed E-state index contributed by atoms with van der Waals surface area (Å²) in [5.41, 5.74) is 1.15. The summed E-state index contributed by atoms with van der Waals surface area (Å²) >= 11 is 5.10. The smallest absolute Gasteiger partial charge is 0.407 e. The zero-order valence-corrected chi connectivity index (χ0v) is 14.9. The summed E-state index contributed by atoms with van der Waals surface area (Å²) in [6.07, 6.45) is -0.478. The summed E-state index contributed by atoms with van der Waals surface area (Å²) in [6.45, 7) is 9.88. The average molecular weight is 340 g/mol. The van der Waals surface area contributed by atoms with Crippen LogP contribution in [0, 0.1) is 19.3 Å². The second-order valence-electron chi connectivity index (χ2n) is 6.00. The molecule has 1 amide bonds. The number of nitrogens with one attached hydrogen (secondary N) is 4. The minimum atomic E-state index is -0.525. The highest BCUT2D eigenvalue weighted by Crippen LogP contribution is 2.06. The van der Waals surface area contributed by atoms with Gasteiger partial charge in [0.05, 0.1) is 5.69 Å². The van der Waals surface area contributed by atoms with Crippen molar-refractivity contribution in [3.05, 3.63) is 17.5 Å². The molecule has 0 fully saturated rings. The van der Waals surface area contributed by atoms with Crippen molar-refractivity contribution >= 4 is 29.4 Å². The summed E-state index contributed by atoms with van der Waals surface area (Å²) in [4.78, 5) is 11.5. The van der Waals surface area contributed by atoms with Gasteiger partial charge in [0, 0.05) is 18.8 Å². The van der Waals surface area contributed by atoms with Crippen LogP contribution in [0.4, 0.5) is 4.79 Å². The first-order valence-corrected chi connectivity index (χ1v) is 7.63. The fourth-order valence-corrected chi connectivity index (χ4v) is 1.91. The molecular weight excluding hydrogens is 316 g/mol. The number of alkyl carbamates (subject to hydrolysis) is 1. The number of amides is 1. The summed E-state index contributed by atoms with van der Waals surface area (Å²) < 4.78 is 6.57. The molecule has 4 N–H and O–H groups in total. The van der Waals surface area contributed by atoms with Crippen molar-refractivity contribution in [1.29, 1.82) is 5.41 Å². The van der Waals surface area contributed by atoms with Gasteiger partial charge in [-0.1, -0.05) is 0 Å². The zero-order chi connectivity index (χ0) is 17.6. The molecule has 8 nitrogen and oxygen atoms in total. The topological polar surface area (TPSA) is 104 Å². The highest BCUT2D eigenvalue weighted by Gasteiger charge is 2.15. The lowest BCUT2D eigenvalue weighted by Crippen LogP contribution is -2.45. The van der Waals surface area contributed by atoms with E-state index in [0.717, 1.165) is 11.4 Å². The van der Waals surface area contributed by atoms with Crippen molar-refractivity contribution in [3.8, 4) is 0 Å². The zero-order valence-electron chi connectivity index (χ0n) is 14.1. The van der Waals surface area contributed by atoms with Gasteiger partial charge in [-0.05, 0) is 52.9 Å². The van der Waals surface area contributed by atoms with E-state index in [1.54, 1.807) is 20.8 Å². The van der Waals surface area contributed by atoms with Crippen LogP contribution in [0.15, 0.2) is 6.07 Å². The number of nitrogens with zero attached hydrogens (tertiary/aromatic N) is 2. The molecule has 128 valence electrons. The van der Waals surface area contributed by atoms with Gasteiger partial charge in [-0.2, -0.15) is 5.10 Å². The Kier molecular flexibility index (Phi) is 6.49. The third-order valence-corrected chi connectivity index (χ3v) is 2.78. The predicted molar refractivity (Wildman–Crippen MR) is 92.8 cm³/mol. The van der Waals surface area contributed by atoms with Crippen LogP contribution < -0.4 is 16.0 Å². The van der Waals surface area contributed by atoms with Crippen molar-refractivity contribution in [2.75, 3.05) is 13.1 Å². The van der Waals surface area contributed by atoms with Crippen LogP contribution in [0.2, 0.25) is 0 Å². The lowest BCUT2D eigenvalue weighted by atomic mass is 10.2. The second kappa shape index (κ2) is 7.91. The Labute approximate surface area is 141 Å². The Morgan fingerprint density at radius 3 is 2.48 bits per heavy atom. The van der Waals surface area contributed by atoms with E-state index in [-0.39, 0.29) is 11.1 Å². The number of aromatic nitrogens is 2. The molecule has 0 atom stereocenters. The maximum Gasteiger partial charge on any atom is 0.407 e. The normalized spacial score (nSPS) is 10.8. The van der Waals surface area contributed by atoms with Gasteiger partial charge in [0.15, 0.2) is 5.11 Å². The van der Waals surface area contributed by atoms with Crippen LogP contribution in [0.5, 0.6) is 0 Å². The Morgan fingerprint density at radius 2 is 1.96 bits per heavy atom. The number of hydrogen-bond donors (Lipinski definition) is 4. The van der Waals surface area contributed by atoms with Gasteiger partial charge in [-0.3, -0.25) is 5.41 Å². The Hall–Kier alpha value is -2.16. The maximum absolute atomic E-state index is 11.5. The fraction of sp³-hybridized carbons (Fsp3) is 0.571. The fourth-order valence-electron chi connectivity index (χ4n) is 1.71.